The summed E-state index contributed by atoms with van der Waals surface area (Å²) in [6, 6.07) is 3.64. The highest BCUT2D eigenvalue weighted by Gasteiger charge is 2.34. The molecular weight excluding hydrogens is 250 g/mol. The van der Waals surface area contributed by atoms with Crippen LogP contribution in [0.15, 0.2) is 12.1 Å². The Morgan fingerprint density at radius 1 is 1.35 bits per heavy atom. The van der Waals surface area contributed by atoms with Gasteiger partial charge in [0.05, 0.1) is 12.8 Å². The van der Waals surface area contributed by atoms with Gasteiger partial charge in [-0.15, -0.1) is 0 Å². The van der Waals surface area contributed by atoms with E-state index in [0.717, 1.165) is 18.3 Å². The zero-order chi connectivity index (χ0) is 14.6. The largest absolute Gasteiger partial charge is 0.481 e. The van der Waals surface area contributed by atoms with Gasteiger partial charge in [-0.2, -0.15) is 4.98 Å². The summed E-state index contributed by atoms with van der Waals surface area (Å²) in [6.45, 7) is 5.56. The fraction of sp³-hybridized carbons (Fsp3) is 0.688. The van der Waals surface area contributed by atoms with Crippen LogP contribution in [-0.2, 0) is 0 Å². The predicted octanol–water partition coefficient (Wildman–Crippen LogP) is 3.69. The minimum atomic E-state index is 0.408. The van der Waals surface area contributed by atoms with Gasteiger partial charge in [0, 0.05) is 12.6 Å². The van der Waals surface area contributed by atoms with Gasteiger partial charge in [0.25, 0.3) is 0 Å². The van der Waals surface area contributed by atoms with E-state index in [1.54, 1.807) is 13.2 Å². The molecular formula is C16H27N3O. The SMILES string of the molecule is COc1ccc(N)c(NCC2(CC(C)C)CCCC2)n1. The van der Waals surface area contributed by atoms with Crippen molar-refractivity contribution >= 4 is 11.5 Å². The van der Waals surface area contributed by atoms with E-state index in [1.165, 1.54) is 32.1 Å². The van der Waals surface area contributed by atoms with Crippen molar-refractivity contribution in [1.82, 2.24) is 4.98 Å². The van der Waals surface area contributed by atoms with Gasteiger partial charge in [-0.25, -0.2) is 0 Å². The first-order valence-corrected chi connectivity index (χ1v) is 7.59. The Kier molecular flexibility index (Phi) is 4.73. The molecule has 3 N–H and O–H groups in total. The number of nitrogens with two attached hydrogens (primary N) is 1. The summed E-state index contributed by atoms with van der Waals surface area (Å²) in [5.41, 5.74) is 7.08. The highest BCUT2D eigenvalue weighted by molar-refractivity contribution is 5.62. The van der Waals surface area contributed by atoms with Gasteiger partial charge >= 0.3 is 0 Å². The number of aromatic nitrogens is 1. The quantitative estimate of drug-likeness (QED) is 0.832. The lowest BCUT2D eigenvalue weighted by atomic mass is 9.78. The molecule has 1 aliphatic carbocycles. The molecule has 1 saturated carbocycles. The molecule has 0 unspecified atom stereocenters. The summed E-state index contributed by atoms with van der Waals surface area (Å²) in [5, 5.41) is 3.46. The fourth-order valence-corrected chi connectivity index (χ4v) is 3.42. The van der Waals surface area contributed by atoms with E-state index in [2.05, 4.69) is 24.1 Å². The summed E-state index contributed by atoms with van der Waals surface area (Å²) in [4.78, 5) is 4.40. The molecule has 1 aromatic rings. The molecule has 4 heteroatoms. The fourth-order valence-electron chi connectivity index (χ4n) is 3.42. The van der Waals surface area contributed by atoms with Crippen molar-refractivity contribution in [2.75, 3.05) is 24.7 Å². The Morgan fingerprint density at radius 2 is 2.05 bits per heavy atom. The van der Waals surface area contributed by atoms with E-state index in [0.29, 0.717) is 17.0 Å². The first-order valence-electron chi connectivity index (χ1n) is 7.59. The van der Waals surface area contributed by atoms with Crippen LogP contribution in [0.4, 0.5) is 11.5 Å². The molecule has 20 heavy (non-hydrogen) atoms. The number of nitrogen functional groups attached to an aromatic ring is 1. The number of ether oxygens (including phenoxy) is 1. The van der Waals surface area contributed by atoms with Crippen molar-refractivity contribution in [1.29, 1.82) is 0 Å². The number of anilines is 2. The molecule has 0 spiro atoms. The average molecular weight is 277 g/mol. The van der Waals surface area contributed by atoms with Crippen LogP contribution in [0.25, 0.3) is 0 Å². The van der Waals surface area contributed by atoms with Crippen LogP contribution in [0.3, 0.4) is 0 Å². The van der Waals surface area contributed by atoms with Crippen LogP contribution in [-0.4, -0.2) is 18.6 Å². The third-order valence-electron chi connectivity index (χ3n) is 4.25. The van der Waals surface area contributed by atoms with Gasteiger partial charge in [-0.05, 0) is 36.7 Å². The van der Waals surface area contributed by atoms with Crippen LogP contribution < -0.4 is 15.8 Å². The minimum absolute atomic E-state index is 0.408. The number of nitrogens with one attached hydrogen (secondary N) is 1. The second kappa shape index (κ2) is 6.33. The number of methoxy groups -OCH3 is 1. The third-order valence-corrected chi connectivity index (χ3v) is 4.25. The topological polar surface area (TPSA) is 60.2 Å². The van der Waals surface area contributed by atoms with E-state index >= 15 is 0 Å². The molecule has 0 bridgehead atoms. The van der Waals surface area contributed by atoms with Crippen LogP contribution in [0.5, 0.6) is 5.88 Å². The normalized spacial score (nSPS) is 17.4. The van der Waals surface area contributed by atoms with Gasteiger partial charge < -0.3 is 15.8 Å². The smallest absolute Gasteiger partial charge is 0.215 e. The second-order valence-electron chi connectivity index (χ2n) is 6.45. The lowest BCUT2D eigenvalue weighted by molar-refractivity contribution is 0.252. The van der Waals surface area contributed by atoms with Gasteiger partial charge in [-0.3, -0.25) is 0 Å². The molecule has 0 radical (unpaired) electrons. The maximum atomic E-state index is 5.99. The predicted molar refractivity (Wildman–Crippen MR) is 84.0 cm³/mol. The summed E-state index contributed by atoms with van der Waals surface area (Å²) in [6.07, 6.45) is 6.57. The Hall–Kier alpha value is -1.45. The number of hydrogen-bond donors (Lipinski definition) is 2. The average Bonchev–Trinajstić information content (AvgIpc) is 2.86. The highest BCUT2D eigenvalue weighted by Crippen LogP contribution is 2.43. The molecule has 0 aromatic carbocycles. The van der Waals surface area contributed by atoms with Crippen LogP contribution in [0.2, 0.25) is 0 Å². The highest BCUT2D eigenvalue weighted by atomic mass is 16.5. The number of pyridine rings is 1. The molecule has 112 valence electrons. The van der Waals surface area contributed by atoms with Crippen molar-refractivity contribution in [3.8, 4) is 5.88 Å². The van der Waals surface area contributed by atoms with Crippen molar-refractivity contribution in [3.05, 3.63) is 12.1 Å². The zero-order valence-corrected chi connectivity index (χ0v) is 12.9. The zero-order valence-electron chi connectivity index (χ0n) is 12.9. The Bertz CT molecular complexity index is 439. The molecule has 2 rings (SSSR count). The van der Waals surface area contributed by atoms with Crippen molar-refractivity contribution in [2.24, 2.45) is 11.3 Å². The van der Waals surface area contributed by atoms with Crippen molar-refractivity contribution in [2.45, 2.75) is 46.0 Å². The first-order chi connectivity index (χ1) is 9.54. The molecule has 0 aliphatic heterocycles. The molecule has 1 heterocycles. The van der Waals surface area contributed by atoms with Crippen molar-refractivity contribution in [3.63, 3.8) is 0 Å². The summed E-state index contributed by atoms with van der Waals surface area (Å²) < 4.78 is 5.16. The number of hydrogen-bond acceptors (Lipinski definition) is 4. The minimum Gasteiger partial charge on any atom is -0.481 e. The standard InChI is InChI=1S/C16H27N3O/c1-12(2)10-16(8-4-5-9-16)11-18-15-13(17)6-7-14(19-15)20-3/h6-7,12H,4-5,8-11,17H2,1-3H3,(H,18,19). The van der Waals surface area contributed by atoms with E-state index < -0.39 is 0 Å². The summed E-state index contributed by atoms with van der Waals surface area (Å²) in [7, 11) is 1.62. The lowest BCUT2D eigenvalue weighted by Crippen LogP contribution is -2.29. The summed E-state index contributed by atoms with van der Waals surface area (Å²) in [5.74, 6) is 2.08. The van der Waals surface area contributed by atoms with Gasteiger partial charge in [-0.1, -0.05) is 26.7 Å². The van der Waals surface area contributed by atoms with Gasteiger partial charge in [0.15, 0.2) is 5.82 Å². The molecule has 0 saturated heterocycles. The summed E-state index contributed by atoms with van der Waals surface area (Å²) >= 11 is 0. The molecule has 4 nitrogen and oxygen atoms in total. The molecule has 0 amide bonds. The van der Waals surface area contributed by atoms with Crippen molar-refractivity contribution < 1.29 is 4.74 Å². The van der Waals surface area contributed by atoms with E-state index in [-0.39, 0.29) is 0 Å². The molecule has 1 aromatic heterocycles. The second-order valence-corrected chi connectivity index (χ2v) is 6.45. The van der Waals surface area contributed by atoms with E-state index in [9.17, 15) is 0 Å². The Labute approximate surface area is 122 Å². The van der Waals surface area contributed by atoms with Gasteiger partial charge in [0.1, 0.15) is 0 Å². The van der Waals surface area contributed by atoms with E-state index in [4.69, 9.17) is 10.5 Å². The first kappa shape index (κ1) is 14.9. The molecule has 0 atom stereocenters. The maximum absolute atomic E-state index is 5.99. The van der Waals surface area contributed by atoms with Crippen LogP contribution >= 0.6 is 0 Å². The molecule has 1 fully saturated rings. The third kappa shape index (κ3) is 3.56. The monoisotopic (exact) mass is 277 g/mol. The van der Waals surface area contributed by atoms with Crippen LogP contribution in [0, 0.1) is 11.3 Å². The Balaban J connectivity index is 2.06. The van der Waals surface area contributed by atoms with Crippen LogP contribution in [0.1, 0.15) is 46.0 Å². The van der Waals surface area contributed by atoms with Gasteiger partial charge in [0.2, 0.25) is 5.88 Å². The Morgan fingerprint density at radius 3 is 2.65 bits per heavy atom. The number of rotatable bonds is 6. The number of nitrogens with zero attached hydrogens (tertiary/aromatic N) is 1. The molecule has 1 aliphatic rings. The van der Waals surface area contributed by atoms with E-state index in [1.807, 2.05) is 6.07 Å². The maximum Gasteiger partial charge on any atom is 0.215 e. The lowest BCUT2D eigenvalue weighted by Gasteiger charge is -2.31.